The first kappa shape index (κ1) is 18.0. The van der Waals surface area contributed by atoms with E-state index in [1.807, 2.05) is 4.90 Å². The molecule has 3 atom stereocenters. The second-order valence-corrected chi connectivity index (χ2v) is 7.67. The number of carbonyl (C=O) groups excluding carboxylic acids is 1. The van der Waals surface area contributed by atoms with Gasteiger partial charge >= 0.3 is 0 Å². The molecule has 128 valence electrons. The fourth-order valence-electron chi connectivity index (χ4n) is 4.01. The third kappa shape index (κ3) is 4.57. The molecule has 1 fully saturated rings. The second-order valence-electron chi connectivity index (χ2n) is 7.67. The second kappa shape index (κ2) is 7.97. The van der Waals surface area contributed by atoms with Crippen LogP contribution >= 0.6 is 0 Å². The van der Waals surface area contributed by atoms with Gasteiger partial charge in [0.15, 0.2) is 0 Å². The van der Waals surface area contributed by atoms with E-state index in [9.17, 15) is 4.79 Å². The van der Waals surface area contributed by atoms with Gasteiger partial charge in [-0.15, -0.1) is 0 Å². The summed E-state index contributed by atoms with van der Waals surface area (Å²) < 4.78 is 0. The molecule has 0 aromatic heterocycles. The van der Waals surface area contributed by atoms with E-state index in [2.05, 4.69) is 44.9 Å². The van der Waals surface area contributed by atoms with Crippen LogP contribution in [-0.4, -0.2) is 48.9 Å². The summed E-state index contributed by atoms with van der Waals surface area (Å²) in [5.41, 5.74) is 1.31. The van der Waals surface area contributed by atoms with E-state index in [1.165, 1.54) is 5.57 Å². The van der Waals surface area contributed by atoms with Crippen molar-refractivity contribution in [3.8, 4) is 6.07 Å². The molecule has 0 saturated carbocycles. The molecule has 1 aliphatic carbocycles. The summed E-state index contributed by atoms with van der Waals surface area (Å²) in [5, 5.41) is 9.06. The van der Waals surface area contributed by atoms with Crippen molar-refractivity contribution < 1.29 is 4.79 Å². The Morgan fingerprint density at radius 3 is 2.57 bits per heavy atom. The SMILES string of the molecule is CC1=C[C@@H](CC#N)[C@H](C(C)C)C[C@H]1CC(=O)N1CCN(C)CC1. The smallest absolute Gasteiger partial charge is 0.223 e. The minimum absolute atomic E-state index is 0.303. The third-order valence-electron chi connectivity index (χ3n) is 5.69. The maximum absolute atomic E-state index is 12.6. The van der Waals surface area contributed by atoms with Crippen LogP contribution in [0.4, 0.5) is 0 Å². The van der Waals surface area contributed by atoms with Crippen LogP contribution in [0.25, 0.3) is 0 Å². The average molecular weight is 317 g/mol. The normalized spacial score (nSPS) is 29.3. The van der Waals surface area contributed by atoms with Gasteiger partial charge in [-0.25, -0.2) is 0 Å². The molecule has 1 amide bonds. The third-order valence-corrected chi connectivity index (χ3v) is 5.69. The first-order valence-electron chi connectivity index (χ1n) is 8.94. The van der Waals surface area contributed by atoms with Crippen LogP contribution in [-0.2, 0) is 4.79 Å². The zero-order valence-electron chi connectivity index (χ0n) is 15.1. The van der Waals surface area contributed by atoms with Crippen LogP contribution in [0.15, 0.2) is 11.6 Å². The van der Waals surface area contributed by atoms with Gasteiger partial charge in [-0.2, -0.15) is 5.26 Å². The topological polar surface area (TPSA) is 47.3 Å². The highest BCUT2D eigenvalue weighted by Crippen LogP contribution is 2.40. The largest absolute Gasteiger partial charge is 0.340 e. The van der Waals surface area contributed by atoms with Crippen molar-refractivity contribution in [3.63, 3.8) is 0 Å². The highest BCUT2D eigenvalue weighted by molar-refractivity contribution is 5.77. The molecule has 0 aromatic rings. The van der Waals surface area contributed by atoms with E-state index in [0.29, 0.717) is 42.4 Å². The Morgan fingerprint density at radius 2 is 2.00 bits per heavy atom. The maximum atomic E-state index is 12.6. The van der Waals surface area contributed by atoms with E-state index in [0.717, 1.165) is 32.6 Å². The summed E-state index contributed by atoms with van der Waals surface area (Å²) in [5.74, 6) is 2.08. The number of allylic oxidation sites excluding steroid dienone is 2. The van der Waals surface area contributed by atoms with E-state index in [-0.39, 0.29) is 0 Å². The Labute approximate surface area is 141 Å². The van der Waals surface area contributed by atoms with Gasteiger partial charge in [0, 0.05) is 39.0 Å². The number of hydrogen-bond acceptors (Lipinski definition) is 3. The van der Waals surface area contributed by atoms with E-state index in [4.69, 9.17) is 5.26 Å². The van der Waals surface area contributed by atoms with Crippen molar-refractivity contribution in [3.05, 3.63) is 11.6 Å². The molecule has 4 nitrogen and oxygen atoms in total. The minimum atomic E-state index is 0.303. The van der Waals surface area contributed by atoms with E-state index in [1.54, 1.807) is 0 Å². The number of piperazine rings is 1. The number of amides is 1. The molecule has 2 rings (SSSR count). The summed E-state index contributed by atoms with van der Waals surface area (Å²) in [6.45, 7) is 10.3. The Balaban J connectivity index is 2.00. The molecule has 1 aliphatic heterocycles. The van der Waals surface area contributed by atoms with Crippen molar-refractivity contribution in [2.24, 2.45) is 23.7 Å². The van der Waals surface area contributed by atoms with Gasteiger partial charge in [-0.05, 0) is 44.1 Å². The fourth-order valence-corrected chi connectivity index (χ4v) is 4.01. The first-order valence-corrected chi connectivity index (χ1v) is 8.94. The fraction of sp³-hybridized carbons (Fsp3) is 0.789. The zero-order valence-corrected chi connectivity index (χ0v) is 15.1. The Kier molecular flexibility index (Phi) is 6.24. The first-order chi connectivity index (χ1) is 10.9. The molecular formula is C19H31N3O. The number of nitriles is 1. The van der Waals surface area contributed by atoms with Gasteiger partial charge in [0.25, 0.3) is 0 Å². The number of carbonyl (C=O) groups is 1. The summed E-state index contributed by atoms with van der Waals surface area (Å²) in [7, 11) is 2.11. The molecular weight excluding hydrogens is 286 g/mol. The minimum Gasteiger partial charge on any atom is -0.340 e. The summed E-state index contributed by atoms with van der Waals surface area (Å²) >= 11 is 0. The molecule has 4 heteroatoms. The van der Waals surface area contributed by atoms with Crippen LogP contribution in [0, 0.1) is 35.0 Å². The molecule has 0 spiro atoms. The van der Waals surface area contributed by atoms with Gasteiger partial charge in [-0.3, -0.25) is 4.79 Å². The number of nitrogens with zero attached hydrogens (tertiary/aromatic N) is 3. The molecule has 0 aromatic carbocycles. The molecule has 0 unspecified atom stereocenters. The van der Waals surface area contributed by atoms with Gasteiger partial charge < -0.3 is 9.80 Å². The lowest BCUT2D eigenvalue weighted by Crippen LogP contribution is -2.47. The predicted molar refractivity (Wildman–Crippen MR) is 92.6 cm³/mol. The number of likely N-dealkylation sites (N-methyl/N-ethyl adjacent to an activating group) is 1. The zero-order chi connectivity index (χ0) is 17.0. The number of rotatable bonds is 4. The quantitative estimate of drug-likeness (QED) is 0.749. The van der Waals surface area contributed by atoms with Crippen LogP contribution in [0.1, 0.15) is 40.0 Å². The van der Waals surface area contributed by atoms with Gasteiger partial charge in [0.1, 0.15) is 0 Å². The Bertz CT molecular complexity index is 483. The number of hydrogen-bond donors (Lipinski definition) is 0. The standard InChI is InChI=1S/C19H31N3O/c1-14(2)18-12-17(15(3)11-16(18)5-6-20)13-19(23)22-9-7-21(4)8-10-22/h11,14,16-18H,5,7-10,12-13H2,1-4H3/t16-,17+,18+/m1/s1. The lowest BCUT2D eigenvalue weighted by Gasteiger charge is -2.38. The average Bonchev–Trinajstić information content (AvgIpc) is 2.50. The Morgan fingerprint density at radius 1 is 1.35 bits per heavy atom. The van der Waals surface area contributed by atoms with Crippen LogP contribution in [0.2, 0.25) is 0 Å². The van der Waals surface area contributed by atoms with Crippen molar-refractivity contribution in [1.82, 2.24) is 9.80 Å². The van der Waals surface area contributed by atoms with Crippen LogP contribution in [0.5, 0.6) is 0 Å². The Hall–Kier alpha value is -1.34. The lowest BCUT2D eigenvalue weighted by atomic mass is 9.69. The summed E-state index contributed by atoms with van der Waals surface area (Å²) in [6, 6.07) is 2.33. The highest BCUT2D eigenvalue weighted by Gasteiger charge is 2.33. The lowest BCUT2D eigenvalue weighted by molar-refractivity contribution is -0.133. The van der Waals surface area contributed by atoms with E-state index >= 15 is 0 Å². The molecule has 0 N–H and O–H groups in total. The predicted octanol–water partition coefficient (Wildman–Crippen LogP) is 2.92. The van der Waals surface area contributed by atoms with Crippen molar-refractivity contribution in [1.29, 1.82) is 5.26 Å². The highest BCUT2D eigenvalue weighted by atomic mass is 16.2. The molecule has 0 radical (unpaired) electrons. The van der Waals surface area contributed by atoms with Crippen molar-refractivity contribution in [2.75, 3.05) is 33.2 Å². The van der Waals surface area contributed by atoms with Crippen LogP contribution < -0.4 is 0 Å². The van der Waals surface area contributed by atoms with E-state index < -0.39 is 0 Å². The van der Waals surface area contributed by atoms with Gasteiger partial charge in [0.2, 0.25) is 5.91 Å². The molecule has 1 saturated heterocycles. The molecule has 23 heavy (non-hydrogen) atoms. The van der Waals surface area contributed by atoms with Gasteiger partial charge in [0.05, 0.1) is 6.07 Å². The van der Waals surface area contributed by atoms with Crippen molar-refractivity contribution >= 4 is 5.91 Å². The van der Waals surface area contributed by atoms with Gasteiger partial charge in [-0.1, -0.05) is 25.5 Å². The molecule has 2 aliphatic rings. The monoisotopic (exact) mass is 317 g/mol. The van der Waals surface area contributed by atoms with Crippen molar-refractivity contribution in [2.45, 2.75) is 40.0 Å². The summed E-state index contributed by atoms with van der Waals surface area (Å²) in [6.07, 6.45) is 4.55. The summed E-state index contributed by atoms with van der Waals surface area (Å²) in [4.78, 5) is 16.9. The molecule has 1 heterocycles. The molecule has 0 bridgehead atoms. The van der Waals surface area contributed by atoms with Crippen LogP contribution in [0.3, 0.4) is 0 Å². The maximum Gasteiger partial charge on any atom is 0.223 e.